The first-order valence-electron chi connectivity index (χ1n) is 8.98. The van der Waals surface area contributed by atoms with Crippen LogP contribution in [0.4, 0.5) is 0 Å². The molecule has 0 spiro atoms. The Hall–Kier alpha value is -0.740. The van der Waals surface area contributed by atoms with Gasteiger partial charge in [0.1, 0.15) is 0 Å². The van der Waals surface area contributed by atoms with E-state index in [2.05, 4.69) is 12.8 Å². The van der Waals surface area contributed by atoms with E-state index < -0.39 is 0 Å². The molecule has 4 aliphatic rings. The Morgan fingerprint density at radius 2 is 2.00 bits per heavy atom. The van der Waals surface area contributed by atoms with Gasteiger partial charge in [0.05, 0.1) is 6.10 Å². The predicted octanol–water partition coefficient (Wildman–Crippen LogP) is 4.31. The standard InChI is InChI=1S/C20H28O/c1-3-14-5-9-19-18-7-4-13-12-15(21)6-8-16(13)17(18)10-11-20(14,19)2/h1,14-15,17-19,21H,4-12H2,2H3. The summed E-state index contributed by atoms with van der Waals surface area (Å²) in [5, 5.41) is 9.95. The lowest BCUT2D eigenvalue weighted by molar-refractivity contribution is 0.0230. The Labute approximate surface area is 129 Å². The lowest BCUT2D eigenvalue weighted by Gasteiger charge is -2.51. The van der Waals surface area contributed by atoms with E-state index in [1.165, 1.54) is 44.9 Å². The maximum Gasteiger partial charge on any atom is 0.0580 e. The molecule has 114 valence electrons. The normalized spacial score (nSPS) is 49.1. The number of hydrogen-bond donors (Lipinski definition) is 1. The van der Waals surface area contributed by atoms with Crippen LogP contribution in [-0.4, -0.2) is 11.2 Å². The van der Waals surface area contributed by atoms with Crippen LogP contribution in [0.25, 0.3) is 0 Å². The summed E-state index contributed by atoms with van der Waals surface area (Å²) in [6.07, 6.45) is 16.8. The zero-order chi connectivity index (χ0) is 14.6. The summed E-state index contributed by atoms with van der Waals surface area (Å²) in [5.74, 6) is 6.21. The van der Waals surface area contributed by atoms with Crippen LogP contribution in [0.2, 0.25) is 0 Å². The molecule has 2 fully saturated rings. The van der Waals surface area contributed by atoms with Gasteiger partial charge in [-0.3, -0.25) is 0 Å². The molecule has 0 amide bonds. The highest BCUT2D eigenvalue weighted by atomic mass is 16.3. The maximum absolute atomic E-state index is 9.95. The van der Waals surface area contributed by atoms with Gasteiger partial charge in [-0.1, -0.05) is 18.1 Å². The first-order valence-corrected chi connectivity index (χ1v) is 8.98. The fraction of sp³-hybridized carbons (Fsp3) is 0.800. The minimum atomic E-state index is -0.0635. The monoisotopic (exact) mass is 284 g/mol. The van der Waals surface area contributed by atoms with Gasteiger partial charge in [-0.05, 0) is 81.0 Å². The second-order valence-corrected chi connectivity index (χ2v) is 8.28. The Morgan fingerprint density at radius 3 is 2.81 bits per heavy atom. The van der Waals surface area contributed by atoms with Crippen molar-refractivity contribution in [2.45, 2.75) is 70.8 Å². The van der Waals surface area contributed by atoms with Crippen LogP contribution in [0.15, 0.2) is 11.1 Å². The molecule has 1 heteroatoms. The number of aliphatic hydroxyl groups is 1. The van der Waals surface area contributed by atoms with Crippen molar-refractivity contribution in [3.8, 4) is 12.3 Å². The van der Waals surface area contributed by atoms with E-state index in [1.54, 1.807) is 11.1 Å². The van der Waals surface area contributed by atoms with Gasteiger partial charge >= 0.3 is 0 Å². The van der Waals surface area contributed by atoms with Crippen LogP contribution in [0.5, 0.6) is 0 Å². The number of hydrogen-bond acceptors (Lipinski definition) is 1. The van der Waals surface area contributed by atoms with Crippen molar-refractivity contribution < 1.29 is 5.11 Å². The average molecular weight is 284 g/mol. The summed E-state index contributed by atoms with van der Waals surface area (Å²) >= 11 is 0. The van der Waals surface area contributed by atoms with Crippen LogP contribution < -0.4 is 0 Å². The van der Waals surface area contributed by atoms with Crippen molar-refractivity contribution in [2.24, 2.45) is 29.1 Å². The summed E-state index contributed by atoms with van der Waals surface area (Å²) in [7, 11) is 0. The van der Waals surface area contributed by atoms with E-state index in [-0.39, 0.29) is 6.10 Å². The SMILES string of the molecule is C#CC1CCC2C3CCC4=C(CCC(O)C4)C3CCC12C. The van der Waals surface area contributed by atoms with Gasteiger partial charge in [0.2, 0.25) is 0 Å². The molecule has 6 atom stereocenters. The summed E-state index contributed by atoms with van der Waals surface area (Å²) < 4.78 is 0. The lowest BCUT2D eigenvalue weighted by atomic mass is 9.53. The minimum absolute atomic E-state index is 0.0635. The average Bonchev–Trinajstić information content (AvgIpc) is 2.83. The molecule has 4 aliphatic carbocycles. The topological polar surface area (TPSA) is 20.2 Å². The molecule has 6 unspecified atom stereocenters. The fourth-order valence-electron chi connectivity index (χ4n) is 6.46. The first kappa shape index (κ1) is 13.9. The molecule has 1 N–H and O–H groups in total. The number of terminal acetylenes is 1. The van der Waals surface area contributed by atoms with E-state index in [1.807, 2.05) is 0 Å². The highest BCUT2D eigenvalue weighted by molar-refractivity contribution is 5.27. The van der Waals surface area contributed by atoms with Crippen molar-refractivity contribution in [3.05, 3.63) is 11.1 Å². The number of allylic oxidation sites excluding steroid dienone is 1. The number of fused-ring (bicyclic) bond motifs is 4. The fourth-order valence-corrected chi connectivity index (χ4v) is 6.46. The highest BCUT2D eigenvalue weighted by Gasteiger charge is 2.54. The smallest absolute Gasteiger partial charge is 0.0580 e. The largest absolute Gasteiger partial charge is 0.393 e. The zero-order valence-electron chi connectivity index (χ0n) is 13.3. The second kappa shape index (κ2) is 4.88. The van der Waals surface area contributed by atoms with Crippen LogP contribution >= 0.6 is 0 Å². The lowest BCUT2D eigenvalue weighted by Crippen LogP contribution is -2.43. The van der Waals surface area contributed by atoms with E-state index >= 15 is 0 Å². The van der Waals surface area contributed by atoms with E-state index in [0.29, 0.717) is 11.3 Å². The molecular formula is C20H28O. The first-order chi connectivity index (χ1) is 10.1. The number of aliphatic hydroxyl groups excluding tert-OH is 1. The molecule has 2 saturated carbocycles. The van der Waals surface area contributed by atoms with Gasteiger partial charge in [0, 0.05) is 5.92 Å². The van der Waals surface area contributed by atoms with E-state index in [4.69, 9.17) is 6.42 Å². The summed E-state index contributed by atoms with van der Waals surface area (Å²) in [6, 6.07) is 0. The van der Waals surface area contributed by atoms with Gasteiger partial charge < -0.3 is 5.11 Å². The minimum Gasteiger partial charge on any atom is -0.393 e. The molecule has 0 radical (unpaired) electrons. The summed E-state index contributed by atoms with van der Waals surface area (Å²) in [6.45, 7) is 2.49. The van der Waals surface area contributed by atoms with Gasteiger partial charge in [0.15, 0.2) is 0 Å². The van der Waals surface area contributed by atoms with Crippen molar-refractivity contribution in [1.82, 2.24) is 0 Å². The van der Waals surface area contributed by atoms with Crippen LogP contribution in [0.3, 0.4) is 0 Å². The Kier molecular flexibility index (Phi) is 3.23. The van der Waals surface area contributed by atoms with E-state index in [0.717, 1.165) is 30.6 Å². The molecule has 0 bridgehead atoms. The van der Waals surface area contributed by atoms with Gasteiger partial charge in [-0.25, -0.2) is 0 Å². The molecule has 0 saturated heterocycles. The third-order valence-corrected chi connectivity index (χ3v) is 7.55. The van der Waals surface area contributed by atoms with Gasteiger partial charge in [0.25, 0.3) is 0 Å². The molecular weight excluding hydrogens is 256 g/mol. The second-order valence-electron chi connectivity index (χ2n) is 8.28. The van der Waals surface area contributed by atoms with Crippen LogP contribution in [-0.2, 0) is 0 Å². The van der Waals surface area contributed by atoms with Crippen molar-refractivity contribution >= 4 is 0 Å². The van der Waals surface area contributed by atoms with Crippen molar-refractivity contribution in [2.75, 3.05) is 0 Å². The Morgan fingerprint density at radius 1 is 1.14 bits per heavy atom. The summed E-state index contributed by atoms with van der Waals surface area (Å²) in [4.78, 5) is 0. The molecule has 1 nitrogen and oxygen atoms in total. The quantitative estimate of drug-likeness (QED) is 0.519. The molecule has 0 aromatic heterocycles. The Balaban J connectivity index is 1.63. The van der Waals surface area contributed by atoms with Crippen LogP contribution in [0, 0.1) is 41.4 Å². The molecule has 0 aliphatic heterocycles. The van der Waals surface area contributed by atoms with Crippen molar-refractivity contribution in [3.63, 3.8) is 0 Å². The molecule has 21 heavy (non-hydrogen) atoms. The third kappa shape index (κ3) is 1.95. The highest BCUT2D eigenvalue weighted by Crippen LogP contribution is 2.62. The molecule has 4 rings (SSSR count). The predicted molar refractivity (Wildman–Crippen MR) is 85.5 cm³/mol. The Bertz CT molecular complexity index is 510. The zero-order valence-corrected chi connectivity index (χ0v) is 13.3. The van der Waals surface area contributed by atoms with Crippen LogP contribution in [0.1, 0.15) is 64.7 Å². The molecule has 0 aromatic rings. The maximum atomic E-state index is 9.95. The number of rotatable bonds is 0. The third-order valence-electron chi connectivity index (χ3n) is 7.55. The summed E-state index contributed by atoms with van der Waals surface area (Å²) in [5.41, 5.74) is 3.81. The molecule has 0 heterocycles. The van der Waals surface area contributed by atoms with Gasteiger partial charge in [-0.2, -0.15) is 0 Å². The van der Waals surface area contributed by atoms with Gasteiger partial charge in [-0.15, -0.1) is 12.3 Å². The van der Waals surface area contributed by atoms with E-state index in [9.17, 15) is 5.11 Å². The van der Waals surface area contributed by atoms with Crippen molar-refractivity contribution in [1.29, 1.82) is 0 Å². The molecule has 0 aromatic carbocycles.